The molecule has 19 heavy (non-hydrogen) atoms. The molecular formula is C16H24N2O. The maximum Gasteiger partial charge on any atom is 0.224 e. The van der Waals surface area contributed by atoms with Crippen molar-refractivity contribution in [1.82, 2.24) is 5.32 Å². The molecule has 2 rings (SSSR count). The Morgan fingerprint density at radius 1 is 1.37 bits per heavy atom. The third-order valence-corrected chi connectivity index (χ3v) is 4.14. The molecular weight excluding hydrogens is 236 g/mol. The molecule has 1 atom stereocenters. The Kier molecular flexibility index (Phi) is 3.95. The minimum atomic E-state index is -0.509. The van der Waals surface area contributed by atoms with E-state index in [9.17, 15) is 4.79 Å². The van der Waals surface area contributed by atoms with Gasteiger partial charge >= 0.3 is 0 Å². The maximum atomic E-state index is 11.3. The number of rotatable bonds is 5. The van der Waals surface area contributed by atoms with Crippen LogP contribution in [0.5, 0.6) is 0 Å². The van der Waals surface area contributed by atoms with Gasteiger partial charge in [0.05, 0.1) is 5.41 Å². The molecule has 1 aromatic carbocycles. The molecule has 0 heterocycles. The van der Waals surface area contributed by atoms with Crippen LogP contribution in [-0.2, 0) is 17.6 Å². The largest absolute Gasteiger partial charge is 0.369 e. The third-order valence-electron chi connectivity index (χ3n) is 4.14. The number of nitrogens with two attached hydrogens (primary N) is 1. The number of primary amides is 1. The van der Waals surface area contributed by atoms with Crippen molar-refractivity contribution in [2.24, 2.45) is 11.1 Å². The number of carbonyl (C=O) groups excluding carboxylic acids is 1. The van der Waals surface area contributed by atoms with E-state index in [1.54, 1.807) is 0 Å². The van der Waals surface area contributed by atoms with E-state index >= 15 is 0 Å². The zero-order chi connectivity index (χ0) is 14.0. The van der Waals surface area contributed by atoms with Crippen LogP contribution in [0.3, 0.4) is 0 Å². The van der Waals surface area contributed by atoms with Crippen LogP contribution < -0.4 is 11.1 Å². The number of amides is 1. The molecule has 1 aromatic rings. The zero-order valence-electron chi connectivity index (χ0n) is 12.1. The number of benzene rings is 1. The molecule has 0 bridgehead atoms. The van der Waals surface area contributed by atoms with Gasteiger partial charge in [0.15, 0.2) is 0 Å². The summed E-state index contributed by atoms with van der Waals surface area (Å²) in [7, 11) is 0. The van der Waals surface area contributed by atoms with Gasteiger partial charge in [0.2, 0.25) is 5.91 Å². The fourth-order valence-electron chi connectivity index (χ4n) is 2.47. The molecule has 104 valence electrons. The monoisotopic (exact) mass is 260 g/mol. The smallest absolute Gasteiger partial charge is 0.224 e. The predicted octanol–water partition coefficient (Wildman–Crippen LogP) is 2.34. The van der Waals surface area contributed by atoms with Gasteiger partial charge in [-0.3, -0.25) is 4.79 Å². The van der Waals surface area contributed by atoms with Crippen molar-refractivity contribution in [3.8, 4) is 0 Å². The van der Waals surface area contributed by atoms with Crippen molar-refractivity contribution < 1.29 is 4.79 Å². The standard InChI is InChI=1S/C16H24N2O/c1-11(18-10-16(2,3)15(17)19)13-8-7-12-5-4-6-14(12)9-13/h7-9,11,18H,4-6,10H2,1-3H3,(H2,17,19)/t11-/m1/s1. The van der Waals surface area contributed by atoms with Crippen molar-refractivity contribution in [1.29, 1.82) is 0 Å². The van der Waals surface area contributed by atoms with Gasteiger partial charge < -0.3 is 11.1 Å². The molecule has 0 aliphatic heterocycles. The van der Waals surface area contributed by atoms with Gasteiger partial charge in [-0.05, 0) is 56.7 Å². The molecule has 0 fully saturated rings. The second kappa shape index (κ2) is 5.33. The first-order valence-corrected chi connectivity index (χ1v) is 7.05. The lowest BCUT2D eigenvalue weighted by Gasteiger charge is -2.24. The van der Waals surface area contributed by atoms with Gasteiger partial charge in [-0.15, -0.1) is 0 Å². The van der Waals surface area contributed by atoms with Crippen molar-refractivity contribution in [2.75, 3.05) is 6.54 Å². The van der Waals surface area contributed by atoms with E-state index in [-0.39, 0.29) is 11.9 Å². The molecule has 0 saturated heterocycles. The van der Waals surface area contributed by atoms with E-state index in [4.69, 9.17) is 5.73 Å². The fourth-order valence-corrected chi connectivity index (χ4v) is 2.47. The first-order chi connectivity index (χ1) is 8.90. The summed E-state index contributed by atoms with van der Waals surface area (Å²) in [6.45, 7) is 6.48. The van der Waals surface area contributed by atoms with E-state index in [1.165, 1.54) is 36.0 Å². The minimum absolute atomic E-state index is 0.240. The molecule has 1 amide bonds. The van der Waals surface area contributed by atoms with Crippen LogP contribution in [0, 0.1) is 5.41 Å². The Hall–Kier alpha value is -1.35. The van der Waals surface area contributed by atoms with Crippen LogP contribution in [0.4, 0.5) is 0 Å². The van der Waals surface area contributed by atoms with Crippen LogP contribution >= 0.6 is 0 Å². The molecule has 3 nitrogen and oxygen atoms in total. The normalized spacial score (nSPS) is 16.2. The van der Waals surface area contributed by atoms with Gasteiger partial charge in [-0.1, -0.05) is 18.2 Å². The summed E-state index contributed by atoms with van der Waals surface area (Å²) in [5, 5.41) is 3.41. The summed E-state index contributed by atoms with van der Waals surface area (Å²) in [5.41, 5.74) is 9.15. The van der Waals surface area contributed by atoms with Crippen LogP contribution in [0.1, 0.15) is 49.9 Å². The van der Waals surface area contributed by atoms with E-state index in [1.807, 2.05) is 13.8 Å². The van der Waals surface area contributed by atoms with Crippen molar-refractivity contribution in [3.05, 3.63) is 34.9 Å². The Morgan fingerprint density at radius 2 is 2.05 bits per heavy atom. The topological polar surface area (TPSA) is 55.1 Å². The predicted molar refractivity (Wildman–Crippen MR) is 77.9 cm³/mol. The molecule has 0 unspecified atom stereocenters. The van der Waals surface area contributed by atoms with Gasteiger partial charge in [-0.25, -0.2) is 0 Å². The van der Waals surface area contributed by atoms with E-state index < -0.39 is 5.41 Å². The zero-order valence-corrected chi connectivity index (χ0v) is 12.1. The summed E-state index contributed by atoms with van der Waals surface area (Å²) in [6, 6.07) is 6.98. The van der Waals surface area contributed by atoms with Gasteiger partial charge in [0, 0.05) is 12.6 Å². The molecule has 0 spiro atoms. The summed E-state index contributed by atoms with van der Waals surface area (Å²) in [4.78, 5) is 11.3. The van der Waals surface area contributed by atoms with Gasteiger partial charge in [-0.2, -0.15) is 0 Å². The number of aryl methyl sites for hydroxylation is 2. The number of fused-ring (bicyclic) bond motifs is 1. The average molecular weight is 260 g/mol. The first kappa shape index (κ1) is 14.1. The highest BCUT2D eigenvalue weighted by Crippen LogP contribution is 2.25. The number of hydrogen-bond donors (Lipinski definition) is 2. The highest BCUT2D eigenvalue weighted by atomic mass is 16.1. The van der Waals surface area contributed by atoms with Gasteiger partial charge in [0.1, 0.15) is 0 Å². The summed E-state index contributed by atoms with van der Waals surface area (Å²) >= 11 is 0. The van der Waals surface area contributed by atoms with E-state index in [0.29, 0.717) is 6.54 Å². The Bertz CT molecular complexity index is 480. The van der Waals surface area contributed by atoms with Gasteiger partial charge in [0.25, 0.3) is 0 Å². The molecule has 0 saturated carbocycles. The van der Waals surface area contributed by atoms with E-state index in [0.717, 1.165) is 0 Å². The molecule has 0 radical (unpaired) electrons. The fraction of sp³-hybridized carbons (Fsp3) is 0.562. The lowest BCUT2D eigenvalue weighted by Crippen LogP contribution is -2.41. The maximum absolute atomic E-state index is 11.3. The van der Waals surface area contributed by atoms with Crippen molar-refractivity contribution in [3.63, 3.8) is 0 Å². The lowest BCUT2D eigenvalue weighted by molar-refractivity contribution is -0.125. The summed E-state index contributed by atoms with van der Waals surface area (Å²) < 4.78 is 0. The number of carbonyl (C=O) groups is 1. The highest BCUT2D eigenvalue weighted by molar-refractivity contribution is 5.80. The average Bonchev–Trinajstić information content (AvgIpc) is 2.82. The SMILES string of the molecule is C[C@@H](NCC(C)(C)C(N)=O)c1ccc2c(c1)CCC2. The molecule has 1 aliphatic rings. The lowest BCUT2D eigenvalue weighted by atomic mass is 9.92. The number of nitrogens with one attached hydrogen (secondary N) is 1. The quantitative estimate of drug-likeness (QED) is 0.853. The highest BCUT2D eigenvalue weighted by Gasteiger charge is 2.25. The Morgan fingerprint density at radius 3 is 2.74 bits per heavy atom. The first-order valence-electron chi connectivity index (χ1n) is 7.05. The third kappa shape index (κ3) is 3.16. The van der Waals surface area contributed by atoms with Crippen LogP contribution in [0.2, 0.25) is 0 Å². The molecule has 3 N–H and O–H groups in total. The van der Waals surface area contributed by atoms with E-state index in [2.05, 4.69) is 30.4 Å². The molecule has 1 aliphatic carbocycles. The summed E-state index contributed by atoms with van der Waals surface area (Å²) in [6.07, 6.45) is 3.68. The Balaban J connectivity index is 2.00. The van der Waals surface area contributed by atoms with Crippen molar-refractivity contribution >= 4 is 5.91 Å². The molecule has 0 aromatic heterocycles. The van der Waals surface area contributed by atoms with Crippen molar-refractivity contribution in [2.45, 2.75) is 46.1 Å². The van der Waals surface area contributed by atoms with Crippen LogP contribution in [-0.4, -0.2) is 12.5 Å². The summed E-state index contributed by atoms with van der Waals surface area (Å²) in [5.74, 6) is -0.263. The second-order valence-corrected chi connectivity index (χ2v) is 6.23. The molecule has 3 heteroatoms. The minimum Gasteiger partial charge on any atom is -0.369 e. The van der Waals surface area contributed by atoms with Crippen LogP contribution in [0.25, 0.3) is 0 Å². The Labute approximate surface area is 115 Å². The number of hydrogen-bond acceptors (Lipinski definition) is 2. The second-order valence-electron chi connectivity index (χ2n) is 6.23. The van der Waals surface area contributed by atoms with Crippen LogP contribution in [0.15, 0.2) is 18.2 Å².